The molecule has 0 spiro atoms. The van der Waals surface area contributed by atoms with Gasteiger partial charge in [-0.05, 0) is 31.7 Å². The van der Waals surface area contributed by atoms with Crippen LogP contribution in [0.15, 0.2) is 30.3 Å². The number of carbonyl (C=O) groups excluding carboxylic acids is 2. The minimum atomic E-state index is -0.224. The fourth-order valence-corrected chi connectivity index (χ4v) is 2.10. The second-order valence-corrected chi connectivity index (χ2v) is 5.76. The predicted molar refractivity (Wildman–Crippen MR) is 88.8 cm³/mol. The van der Waals surface area contributed by atoms with Gasteiger partial charge in [0.25, 0.3) is 0 Å². The van der Waals surface area contributed by atoms with Gasteiger partial charge in [0, 0.05) is 25.6 Å². The van der Waals surface area contributed by atoms with Gasteiger partial charge in [-0.1, -0.05) is 37.3 Å². The van der Waals surface area contributed by atoms with E-state index in [0.717, 1.165) is 6.42 Å². The first-order valence-corrected chi connectivity index (χ1v) is 7.85. The van der Waals surface area contributed by atoms with E-state index >= 15 is 0 Å². The second-order valence-electron chi connectivity index (χ2n) is 5.76. The summed E-state index contributed by atoms with van der Waals surface area (Å²) >= 11 is 0. The Morgan fingerprint density at radius 2 is 1.64 bits per heavy atom. The topological polar surface area (TPSA) is 70.2 Å². The van der Waals surface area contributed by atoms with Crippen molar-refractivity contribution in [2.75, 3.05) is 13.1 Å². The van der Waals surface area contributed by atoms with Gasteiger partial charge in [0.2, 0.25) is 5.91 Å². The molecule has 0 heterocycles. The highest BCUT2D eigenvalue weighted by molar-refractivity contribution is 5.78. The lowest BCUT2D eigenvalue weighted by molar-refractivity contribution is -0.121. The number of benzene rings is 1. The maximum Gasteiger partial charge on any atom is 0.314 e. The Kier molecular flexibility index (Phi) is 8.04. The summed E-state index contributed by atoms with van der Waals surface area (Å²) in [4.78, 5) is 23.0. The number of carbonyl (C=O) groups is 2. The Balaban J connectivity index is 2.12. The van der Waals surface area contributed by atoms with E-state index in [2.05, 4.69) is 35.0 Å². The lowest BCUT2D eigenvalue weighted by Gasteiger charge is -2.13. The zero-order valence-electron chi connectivity index (χ0n) is 13.7. The molecule has 0 fully saturated rings. The molecule has 0 bridgehead atoms. The molecule has 0 aliphatic heterocycles. The molecule has 3 N–H and O–H groups in total. The largest absolute Gasteiger partial charge is 0.354 e. The summed E-state index contributed by atoms with van der Waals surface area (Å²) in [6.07, 6.45) is 1.18. The van der Waals surface area contributed by atoms with Gasteiger partial charge in [0.05, 0.1) is 0 Å². The standard InChI is InChI=1S/C17H27N3O2/c1-13(2)20-16(21)10-12-19-17(22)18-11-9-14(3)15-7-5-4-6-8-15/h4-8,13-14H,9-12H2,1-3H3,(H,20,21)(H2,18,19,22)/t14-/m1/s1. The molecule has 5 nitrogen and oxygen atoms in total. The summed E-state index contributed by atoms with van der Waals surface area (Å²) in [5, 5.41) is 8.29. The molecule has 1 aromatic rings. The van der Waals surface area contributed by atoms with Crippen LogP contribution >= 0.6 is 0 Å². The van der Waals surface area contributed by atoms with Gasteiger partial charge >= 0.3 is 6.03 Å². The van der Waals surface area contributed by atoms with E-state index in [9.17, 15) is 9.59 Å². The van der Waals surface area contributed by atoms with Crippen LogP contribution in [0.5, 0.6) is 0 Å². The van der Waals surface area contributed by atoms with E-state index in [1.165, 1.54) is 5.56 Å². The zero-order chi connectivity index (χ0) is 16.4. The average molecular weight is 305 g/mol. The SMILES string of the molecule is CC(C)NC(=O)CCNC(=O)NCC[C@@H](C)c1ccccc1. The molecule has 122 valence electrons. The smallest absolute Gasteiger partial charge is 0.314 e. The van der Waals surface area contributed by atoms with Crippen molar-refractivity contribution >= 4 is 11.9 Å². The Hall–Kier alpha value is -2.04. The molecule has 1 rings (SSSR count). The molecular weight excluding hydrogens is 278 g/mol. The molecule has 22 heavy (non-hydrogen) atoms. The molecule has 0 unspecified atom stereocenters. The molecule has 1 atom stereocenters. The third-order valence-corrected chi connectivity index (χ3v) is 3.32. The van der Waals surface area contributed by atoms with Crippen LogP contribution in [0.3, 0.4) is 0 Å². The third-order valence-electron chi connectivity index (χ3n) is 3.32. The number of hydrogen-bond acceptors (Lipinski definition) is 2. The Labute approximate surface area is 132 Å². The van der Waals surface area contributed by atoms with Crippen molar-refractivity contribution in [3.8, 4) is 0 Å². The van der Waals surface area contributed by atoms with Crippen LogP contribution < -0.4 is 16.0 Å². The highest BCUT2D eigenvalue weighted by Crippen LogP contribution is 2.17. The van der Waals surface area contributed by atoms with Gasteiger partial charge in [-0.25, -0.2) is 4.79 Å². The summed E-state index contributed by atoms with van der Waals surface area (Å²) in [5.41, 5.74) is 1.27. The molecule has 0 aromatic heterocycles. The third kappa shape index (κ3) is 7.67. The fraction of sp³-hybridized carbons (Fsp3) is 0.529. The molecule has 0 aliphatic rings. The van der Waals surface area contributed by atoms with Crippen LogP contribution in [0.2, 0.25) is 0 Å². The van der Waals surface area contributed by atoms with Crippen molar-refractivity contribution in [3.63, 3.8) is 0 Å². The number of amides is 3. The van der Waals surface area contributed by atoms with Gasteiger partial charge < -0.3 is 16.0 Å². The van der Waals surface area contributed by atoms with Crippen molar-refractivity contribution in [3.05, 3.63) is 35.9 Å². The van der Waals surface area contributed by atoms with Crippen LogP contribution in [-0.4, -0.2) is 31.1 Å². The fourth-order valence-electron chi connectivity index (χ4n) is 2.10. The van der Waals surface area contributed by atoms with Crippen molar-refractivity contribution in [2.24, 2.45) is 0 Å². The summed E-state index contributed by atoms with van der Waals surface area (Å²) in [5.74, 6) is 0.353. The Bertz CT molecular complexity index is 460. The predicted octanol–water partition coefficient (Wildman–Crippen LogP) is 2.39. The molecule has 3 amide bonds. The van der Waals surface area contributed by atoms with Crippen LogP contribution in [0.4, 0.5) is 4.79 Å². The minimum Gasteiger partial charge on any atom is -0.354 e. The number of urea groups is 1. The molecule has 1 aromatic carbocycles. The average Bonchev–Trinajstić information content (AvgIpc) is 2.47. The van der Waals surface area contributed by atoms with E-state index in [4.69, 9.17) is 0 Å². The first-order valence-electron chi connectivity index (χ1n) is 7.85. The first-order chi connectivity index (χ1) is 10.5. The van der Waals surface area contributed by atoms with Crippen LogP contribution in [-0.2, 0) is 4.79 Å². The summed E-state index contributed by atoms with van der Waals surface area (Å²) in [7, 11) is 0. The highest BCUT2D eigenvalue weighted by Gasteiger charge is 2.07. The van der Waals surface area contributed by atoms with Gasteiger partial charge in [0.1, 0.15) is 0 Å². The highest BCUT2D eigenvalue weighted by atomic mass is 16.2. The number of hydrogen-bond donors (Lipinski definition) is 3. The minimum absolute atomic E-state index is 0.0481. The molecular formula is C17H27N3O2. The monoisotopic (exact) mass is 305 g/mol. The van der Waals surface area contributed by atoms with Crippen molar-refractivity contribution in [2.45, 2.75) is 45.6 Å². The van der Waals surface area contributed by atoms with E-state index in [-0.39, 0.29) is 18.0 Å². The van der Waals surface area contributed by atoms with E-state index in [1.54, 1.807) is 0 Å². The van der Waals surface area contributed by atoms with E-state index in [1.807, 2.05) is 32.0 Å². The first kappa shape index (κ1) is 18.0. The zero-order valence-corrected chi connectivity index (χ0v) is 13.7. The van der Waals surface area contributed by atoms with Crippen LogP contribution in [0.1, 0.15) is 45.1 Å². The van der Waals surface area contributed by atoms with E-state index < -0.39 is 0 Å². The summed E-state index contributed by atoms with van der Waals surface area (Å²) in [6.45, 7) is 6.92. The molecule has 0 aliphatic carbocycles. The quantitative estimate of drug-likeness (QED) is 0.690. The van der Waals surface area contributed by atoms with Gasteiger partial charge in [-0.15, -0.1) is 0 Å². The van der Waals surface area contributed by atoms with Crippen molar-refractivity contribution < 1.29 is 9.59 Å². The van der Waals surface area contributed by atoms with Crippen LogP contribution in [0.25, 0.3) is 0 Å². The lowest BCUT2D eigenvalue weighted by Crippen LogP contribution is -2.39. The number of rotatable bonds is 8. The van der Waals surface area contributed by atoms with Gasteiger partial charge in [-0.3, -0.25) is 4.79 Å². The molecule has 0 radical (unpaired) electrons. The maximum absolute atomic E-state index is 11.6. The van der Waals surface area contributed by atoms with Gasteiger partial charge in [0.15, 0.2) is 0 Å². The van der Waals surface area contributed by atoms with Gasteiger partial charge in [-0.2, -0.15) is 0 Å². The summed E-state index contributed by atoms with van der Waals surface area (Å²) < 4.78 is 0. The molecule has 0 saturated heterocycles. The van der Waals surface area contributed by atoms with Crippen molar-refractivity contribution in [1.82, 2.24) is 16.0 Å². The molecule has 5 heteroatoms. The van der Waals surface area contributed by atoms with E-state index in [0.29, 0.717) is 25.4 Å². The summed E-state index contributed by atoms with van der Waals surface area (Å²) in [6, 6.07) is 10.1. The number of nitrogens with one attached hydrogen (secondary N) is 3. The molecule has 0 saturated carbocycles. The van der Waals surface area contributed by atoms with Crippen molar-refractivity contribution in [1.29, 1.82) is 0 Å². The second kappa shape index (κ2) is 9.82. The maximum atomic E-state index is 11.6. The van der Waals surface area contributed by atoms with Crippen LogP contribution in [0, 0.1) is 0 Å². The Morgan fingerprint density at radius 3 is 2.27 bits per heavy atom. The Morgan fingerprint density at radius 1 is 1.00 bits per heavy atom. The lowest BCUT2D eigenvalue weighted by atomic mass is 9.98. The normalized spacial score (nSPS) is 11.8.